The molecule has 6 aliphatic rings. The second-order valence-corrected chi connectivity index (χ2v) is 10.6. The second kappa shape index (κ2) is 7.35. The molecule has 4 bridgehead atoms. The van der Waals surface area contributed by atoms with E-state index in [1.807, 2.05) is 29.2 Å². The largest absolute Gasteiger partial charge is 0.349 e. The lowest BCUT2D eigenvalue weighted by Crippen LogP contribution is -2.62. The molecule has 31 heavy (non-hydrogen) atoms. The molecule has 2 heterocycles. The lowest BCUT2D eigenvalue weighted by molar-refractivity contribution is -0.140. The molecule has 1 aromatic carbocycles. The third-order valence-corrected chi connectivity index (χ3v) is 8.32. The highest BCUT2D eigenvalue weighted by Crippen LogP contribution is 2.55. The SMILES string of the molecule is O=C(NC12CC3CC(CC(C3)C1)C2)[C@@H]1CCCN1C(=O)CCC1=[N+]c2ccccc2N1. The van der Waals surface area contributed by atoms with Gasteiger partial charge in [0.25, 0.3) is 5.84 Å². The summed E-state index contributed by atoms with van der Waals surface area (Å²) in [5.41, 5.74) is 1.94. The van der Waals surface area contributed by atoms with Crippen LogP contribution in [0.4, 0.5) is 11.4 Å². The van der Waals surface area contributed by atoms with Crippen molar-refractivity contribution in [3.63, 3.8) is 0 Å². The summed E-state index contributed by atoms with van der Waals surface area (Å²) in [7, 11) is 0. The van der Waals surface area contributed by atoms with Crippen molar-refractivity contribution in [2.45, 2.75) is 75.8 Å². The van der Waals surface area contributed by atoms with Crippen LogP contribution >= 0.6 is 0 Å². The summed E-state index contributed by atoms with van der Waals surface area (Å²) in [6, 6.07) is 7.62. The Morgan fingerprint density at radius 1 is 1.10 bits per heavy atom. The predicted octanol–water partition coefficient (Wildman–Crippen LogP) is 3.33. The molecule has 1 atom stereocenters. The highest BCUT2D eigenvalue weighted by atomic mass is 16.2. The van der Waals surface area contributed by atoms with Gasteiger partial charge in [0, 0.05) is 18.5 Å². The molecule has 7 rings (SSSR count). The van der Waals surface area contributed by atoms with E-state index in [-0.39, 0.29) is 23.4 Å². The van der Waals surface area contributed by atoms with Gasteiger partial charge in [-0.15, -0.1) is 0 Å². The van der Waals surface area contributed by atoms with Crippen molar-refractivity contribution in [1.29, 1.82) is 0 Å². The predicted molar refractivity (Wildman–Crippen MR) is 120 cm³/mol. The van der Waals surface area contributed by atoms with Gasteiger partial charge >= 0.3 is 0 Å². The van der Waals surface area contributed by atoms with Gasteiger partial charge in [-0.1, -0.05) is 12.1 Å². The summed E-state index contributed by atoms with van der Waals surface area (Å²) in [4.78, 5) is 32.7. The number of carbonyl (C=O) groups is 2. The minimum absolute atomic E-state index is 0.0113. The van der Waals surface area contributed by atoms with Crippen molar-refractivity contribution in [2.24, 2.45) is 17.8 Å². The van der Waals surface area contributed by atoms with Crippen LogP contribution < -0.4 is 15.6 Å². The average Bonchev–Trinajstić information content (AvgIpc) is 3.37. The summed E-state index contributed by atoms with van der Waals surface area (Å²) in [5, 5.41) is 6.79. The molecule has 0 spiro atoms. The Hall–Kier alpha value is -2.37. The molecule has 5 fully saturated rings. The van der Waals surface area contributed by atoms with Gasteiger partial charge in [0.05, 0.1) is 6.42 Å². The number of para-hydroxylation sites is 2. The van der Waals surface area contributed by atoms with E-state index in [2.05, 4.69) is 15.6 Å². The number of fused-ring (bicyclic) bond motifs is 1. The number of carbonyl (C=O) groups excluding carboxylic acids is 2. The molecule has 4 aliphatic carbocycles. The van der Waals surface area contributed by atoms with Crippen LogP contribution in [-0.4, -0.2) is 40.7 Å². The number of amidine groups is 1. The van der Waals surface area contributed by atoms with E-state index < -0.39 is 0 Å². The maximum absolute atomic E-state index is 13.3. The minimum atomic E-state index is -0.295. The summed E-state index contributed by atoms with van der Waals surface area (Å²) in [5.74, 6) is 3.41. The van der Waals surface area contributed by atoms with E-state index in [9.17, 15) is 9.59 Å². The summed E-state index contributed by atoms with van der Waals surface area (Å²) < 4.78 is 0. The molecule has 163 valence electrons. The fourth-order valence-electron chi connectivity index (χ4n) is 7.44. The van der Waals surface area contributed by atoms with Crippen LogP contribution in [0.2, 0.25) is 0 Å². The van der Waals surface area contributed by atoms with Crippen LogP contribution in [0.3, 0.4) is 0 Å². The van der Waals surface area contributed by atoms with Crippen molar-refractivity contribution < 1.29 is 9.59 Å². The molecule has 2 N–H and O–H groups in total. The molecular weight excluding hydrogens is 388 g/mol. The lowest BCUT2D eigenvalue weighted by Gasteiger charge is -2.57. The zero-order valence-electron chi connectivity index (χ0n) is 18.1. The first-order valence-corrected chi connectivity index (χ1v) is 12.1. The molecule has 1 radical (unpaired) electrons. The molecule has 2 amide bonds. The zero-order valence-corrected chi connectivity index (χ0v) is 18.1. The van der Waals surface area contributed by atoms with Gasteiger partial charge in [-0.2, -0.15) is 0 Å². The van der Waals surface area contributed by atoms with Crippen LogP contribution in [0.15, 0.2) is 24.3 Å². The molecule has 1 saturated heterocycles. The van der Waals surface area contributed by atoms with E-state index in [0.29, 0.717) is 19.4 Å². The third-order valence-electron chi connectivity index (χ3n) is 8.32. The van der Waals surface area contributed by atoms with Crippen molar-refractivity contribution in [3.05, 3.63) is 24.3 Å². The number of likely N-dealkylation sites (tertiary alicyclic amines) is 1. The number of aliphatic imine (C=N–C) groups is 1. The average molecular weight is 421 g/mol. The smallest absolute Gasteiger partial charge is 0.298 e. The molecule has 6 heteroatoms. The van der Waals surface area contributed by atoms with E-state index in [1.54, 1.807) is 0 Å². The first-order chi connectivity index (χ1) is 15.1. The van der Waals surface area contributed by atoms with Crippen molar-refractivity contribution >= 4 is 29.0 Å². The third kappa shape index (κ3) is 3.54. The van der Waals surface area contributed by atoms with Crippen molar-refractivity contribution in [3.8, 4) is 0 Å². The standard InChI is InChI=1S/C25H32N4O2/c30-23(8-7-22-26-19-4-1-2-5-20(19)27-22)29-9-3-6-21(29)24(31)28-25-13-16-10-17(14-25)12-18(11-16)15-25/h1-2,4-5,16-18,21,26H,3,6-15H2,(H,28,31)/q+1/t16?,17?,18?,21-,25?/m0/s1. The first-order valence-electron chi connectivity index (χ1n) is 12.1. The number of nitrogens with one attached hydrogen (secondary N) is 2. The molecule has 1 aromatic rings. The van der Waals surface area contributed by atoms with Crippen LogP contribution in [0.1, 0.15) is 64.2 Å². The molecule has 4 saturated carbocycles. The quantitative estimate of drug-likeness (QED) is 0.767. The van der Waals surface area contributed by atoms with Gasteiger partial charge in [-0.05, 0) is 86.2 Å². The van der Waals surface area contributed by atoms with Crippen LogP contribution in [-0.2, 0) is 9.59 Å². The van der Waals surface area contributed by atoms with Crippen LogP contribution in [0.5, 0.6) is 0 Å². The Labute approximate surface area is 183 Å². The molecular formula is C25H32N4O2+. The zero-order chi connectivity index (χ0) is 21.0. The Balaban J connectivity index is 1.07. The van der Waals surface area contributed by atoms with Crippen molar-refractivity contribution in [1.82, 2.24) is 15.2 Å². The van der Waals surface area contributed by atoms with Gasteiger partial charge in [0.1, 0.15) is 6.04 Å². The Kier molecular flexibility index (Phi) is 4.58. The number of hydrogen-bond acceptors (Lipinski definition) is 4. The maximum atomic E-state index is 13.3. The number of anilines is 1. The monoisotopic (exact) mass is 420 g/mol. The Morgan fingerprint density at radius 2 is 1.81 bits per heavy atom. The van der Waals surface area contributed by atoms with E-state index in [1.165, 1.54) is 19.3 Å². The number of nitrogens with zero attached hydrogens (tertiary/aromatic N) is 2. The van der Waals surface area contributed by atoms with E-state index in [0.717, 1.165) is 67.1 Å². The highest BCUT2D eigenvalue weighted by molar-refractivity contribution is 6.04. The minimum Gasteiger partial charge on any atom is -0.349 e. The number of rotatable bonds is 5. The fourth-order valence-corrected chi connectivity index (χ4v) is 7.44. The van der Waals surface area contributed by atoms with Gasteiger partial charge in [-0.25, -0.2) is 5.32 Å². The Morgan fingerprint density at radius 3 is 2.52 bits per heavy atom. The fraction of sp³-hybridized carbons (Fsp3) is 0.640. The molecule has 2 aliphatic heterocycles. The van der Waals surface area contributed by atoms with Gasteiger partial charge < -0.3 is 10.2 Å². The maximum Gasteiger partial charge on any atom is 0.298 e. The summed E-state index contributed by atoms with van der Waals surface area (Å²) >= 11 is 0. The first kappa shape index (κ1) is 19.3. The number of hydrogen-bond donors (Lipinski definition) is 2. The molecule has 0 aromatic heterocycles. The topological polar surface area (TPSA) is 75.5 Å². The normalized spacial score (nSPS) is 35.0. The summed E-state index contributed by atoms with van der Waals surface area (Å²) in [6.45, 7) is 0.692. The molecule has 6 nitrogen and oxygen atoms in total. The molecule has 0 unspecified atom stereocenters. The second-order valence-electron chi connectivity index (χ2n) is 10.6. The van der Waals surface area contributed by atoms with E-state index >= 15 is 0 Å². The number of amides is 2. The summed E-state index contributed by atoms with van der Waals surface area (Å²) in [6.07, 6.45) is 10.2. The van der Waals surface area contributed by atoms with Crippen LogP contribution in [0.25, 0.3) is 0 Å². The van der Waals surface area contributed by atoms with Gasteiger partial charge in [0.2, 0.25) is 17.5 Å². The Bertz CT molecular complexity index is 904. The highest BCUT2D eigenvalue weighted by Gasteiger charge is 2.52. The lowest BCUT2D eigenvalue weighted by atomic mass is 9.53. The van der Waals surface area contributed by atoms with Crippen molar-refractivity contribution in [2.75, 3.05) is 11.9 Å². The van der Waals surface area contributed by atoms with Gasteiger partial charge in [-0.3, -0.25) is 9.59 Å². The van der Waals surface area contributed by atoms with Gasteiger partial charge in [0.15, 0.2) is 5.69 Å². The van der Waals surface area contributed by atoms with Crippen LogP contribution in [0, 0.1) is 17.8 Å². The number of benzene rings is 1. The van der Waals surface area contributed by atoms with E-state index in [4.69, 9.17) is 0 Å².